The molecule has 7 nitrogen and oxygen atoms in total. The number of hydrogen-bond donors (Lipinski definition) is 3. The van der Waals surface area contributed by atoms with E-state index in [1.54, 1.807) is 6.07 Å². The van der Waals surface area contributed by atoms with Gasteiger partial charge in [-0.3, -0.25) is 14.4 Å². The first-order chi connectivity index (χ1) is 16.5. The third kappa shape index (κ3) is 7.35. The van der Waals surface area contributed by atoms with Gasteiger partial charge in [-0.15, -0.1) is 0 Å². The van der Waals surface area contributed by atoms with Gasteiger partial charge in [-0.1, -0.05) is 11.6 Å². The molecule has 188 valence electrons. The lowest BCUT2D eigenvalue weighted by atomic mass is 9.87. The van der Waals surface area contributed by atoms with E-state index in [0.717, 1.165) is 24.3 Å². The van der Waals surface area contributed by atoms with Crippen molar-refractivity contribution in [2.45, 2.75) is 38.0 Å². The van der Waals surface area contributed by atoms with Crippen molar-refractivity contribution >= 4 is 29.4 Å². The standard InChI is InChI=1S/C24H24ClF3N2O5/c25-20-13-18(35-17-7-3-15(4-8-17)23(33)34)9-10-19(20)22(32)30-12-11-29-21(31)14-1-5-16(6-2-14)24(26,27)28/h1-2,5-6,9-10,13,15,17H,3-4,7-8,11-12H2,(H,29,31)(H,30,32)(H,33,34)/t15-,17+. The van der Waals surface area contributed by atoms with Crippen LogP contribution >= 0.6 is 11.6 Å². The molecule has 2 amide bonds. The predicted molar refractivity (Wildman–Crippen MR) is 122 cm³/mol. The van der Waals surface area contributed by atoms with Crippen LogP contribution in [0.25, 0.3) is 0 Å². The first-order valence-corrected chi connectivity index (χ1v) is 11.3. The summed E-state index contributed by atoms with van der Waals surface area (Å²) in [5.41, 5.74) is -0.567. The number of carboxylic acid groups (broad SMARTS) is 1. The molecule has 2 aromatic rings. The molecule has 0 spiro atoms. The molecule has 0 saturated heterocycles. The van der Waals surface area contributed by atoms with E-state index in [2.05, 4.69) is 10.6 Å². The van der Waals surface area contributed by atoms with Crippen LogP contribution in [0.1, 0.15) is 52.0 Å². The Kier molecular flexibility index (Phi) is 8.61. The fourth-order valence-electron chi connectivity index (χ4n) is 3.73. The van der Waals surface area contributed by atoms with Crippen LogP contribution in [0.3, 0.4) is 0 Å². The Labute approximate surface area is 204 Å². The van der Waals surface area contributed by atoms with Gasteiger partial charge < -0.3 is 20.5 Å². The Morgan fingerprint density at radius 2 is 1.54 bits per heavy atom. The topological polar surface area (TPSA) is 105 Å². The highest BCUT2D eigenvalue weighted by molar-refractivity contribution is 6.34. The van der Waals surface area contributed by atoms with Crippen LogP contribution in [0.5, 0.6) is 5.75 Å². The zero-order valence-electron chi connectivity index (χ0n) is 18.5. The molecule has 0 radical (unpaired) electrons. The normalized spacial score (nSPS) is 17.9. The maximum Gasteiger partial charge on any atom is 0.416 e. The highest BCUT2D eigenvalue weighted by Gasteiger charge is 2.30. The van der Waals surface area contributed by atoms with Crippen LogP contribution in [0.15, 0.2) is 42.5 Å². The molecule has 0 unspecified atom stereocenters. The van der Waals surface area contributed by atoms with Crippen molar-refractivity contribution in [3.63, 3.8) is 0 Å². The summed E-state index contributed by atoms with van der Waals surface area (Å²) in [6, 6.07) is 8.45. The Hall–Kier alpha value is -3.27. The van der Waals surface area contributed by atoms with Crippen molar-refractivity contribution in [3.8, 4) is 5.75 Å². The highest BCUT2D eigenvalue weighted by Crippen LogP contribution is 2.30. The number of rotatable bonds is 8. The minimum Gasteiger partial charge on any atom is -0.490 e. The minimum absolute atomic E-state index is 0.0590. The van der Waals surface area contributed by atoms with E-state index in [9.17, 15) is 27.6 Å². The average Bonchev–Trinajstić information content (AvgIpc) is 2.81. The third-order valence-electron chi connectivity index (χ3n) is 5.68. The van der Waals surface area contributed by atoms with Gasteiger partial charge in [0.25, 0.3) is 11.8 Å². The monoisotopic (exact) mass is 512 g/mol. The predicted octanol–water partition coefficient (Wildman–Crippen LogP) is 4.54. The lowest BCUT2D eigenvalue weighted by Gasteiger charge is -2.26. The Morgan fingerprint density at radius 1 is 0.943 bits per heavy atom. The van der Waals surface area contributed by atoms with Crippen LogP contribution in [0, 0.1) is 5.92 Å². The first kappa shape index (κ1) is 26.3. The van der Waals surface area contributed by atoms with Crippen LogP contribution in [0.2, 0.25) is 5.02 Å². The first-order valence-electron chi connectivity index (χ1n) is 11.0. The van der Waals surface area contributed by atoms with E-state index in [0.29, 0.717) is 31.4 Å². The van der Waals surface area contributed by atoms with Gasteiger partial charge in [-0.2, -0.15) is 13.2 Å². The summed E-state index contributed by atoms with van der Waals surface area (Å²) in [6.45, 7) is 0.135. The molecule has 3 N–H and O–H groups in total. The summed E-state index contributed by atoms with van der Waals surface area (Å²) in [4.78, 5) is 35.5. The van der Waals surface area contributed by atoms with E-state index < -0.39 is 29.5 Å². The van der Waals surface area contributed by atoms with Crippen molar-refractivity contribution in [1.29, 1.82) is 0 Å². The number of nitrogens with one attached hydrogen (secondary N) is 2. The molecule has 0 aliphatic heterocycles. The number of hydrogen-bond acceptors (Lipinski definition) is 4. The average molecular weight is 513 g/mol. The number of carbonyl (C=O) groups excluding carboxylic acids is 2. The fourth-order valence-corrected chi connectivity index (χ4v) is 3.99. The van der Waals surface area contributed by atoms with Gasteiger partial charge in [0.15, 0.2) is 0 Å². The highest BCUT2D eigenvalue weighted by atomic mass is 35.5. The van der Waals surface area contributed by atoms with Gasteiger partial charge in [-0.25, -0.2) is 0 Å². The lowest BCUT2D eigenvalue weighted by molar-refractivity contribution is -0.143. The van der Waals surface area contributed by atoms with Crippen molar-refractivity contribution < 1.29 is 37.4 Å². The molecule has 3 rings (SSSR count). The van der Waals surface area contributed by atoms with E-state index in [1.165, 1.54) is 12.1 Å². The van der Waals surface area contributed by atoms with Crippen molar-refractivity contribution in [3.05, 3.63) is 64.2 Å². The molecule has 1 aliphatic carbocycles. The van der Waals surface area contributed by atoms with Gasteiger partial charge in [0.05, 0.1) is 28.2 Å². The summed E-state index contributed by atoms with van der Waals surface area (Å²) in [7, 11) is 0. The van der Waals surface area contributed by atoms with Crippen LogP contribution < -0.4 is 15.4 Å². The van der Waals surface area contributed by atoms with Crippen molar-refractivity contribution in [2.75, 3.05) is 13.1 Å². The molecule has 1 saturated carbocycles. The molecule has 0 bridgehead atoms. The van der Waals surface area contributed by atoms with Gasteiger partial charge >= 0.3 is 12.1 Å². The molecule has 1 aliphatic rings. The summed E-state index contributed by atoms with van der Waals surface area (Å²) >= 11 is 6.23. The minimum atomic E-state index is -4.48. The molecule has 1 fully saturated rings. The molecule has 35 heavy (non-hydrogen) atoms. The van der Waals surface area contributed by atoms with E-state index in [-0.39, 0.29) is 41.3 Å². The third-order valence-corrected chi connectivity index (χ3v) is 5.99. The smallest absolute Gasteiger partial charge is 0.416 e. The number of benzene rings is 2. The van der Waals surface area contributed by atoms with Crippen molar-refractivity contribution in [1.82, 2.24) is 10.6 Å². The van der Waals surface area contributed by atoms with Gasteiger partial charge in [0, 0.05) is 18.7 Å². The zero-order valence-corrected chi connectivity index (χ0v) is 19.3. The maximum atomic E-state index is 12.6. The molecule has 0 heterocycles. The van der Waals surface area contributed by atoms with Gasteiger partial charge in [-0.05, 0) is 68.1 Å². The number of aliphatic carboxylic acids is 1. The van der Waals surface area contributed by atoms with E-state index in [4.69, 9.17) is 21.4 Å². The SMILES string of the molecule is O=C(NCCNC(=O)c1ccc(O[C@H]2CC[C@@H](C(=O)O)CC2)cc1Cl)c1ccc(C(F)(F)F)cc1. The Balaban J connectivity index is 1.43. The quantitative estimate of drug-likeness (QED) is 0.450. The molecule has 0 aromatic heterocycles. The molecule has 11 heteroatoms. The summed E-state index contributed by atoms with van der Waals surface area (Å²) in [5.74, 6) is -1.68. The molecule has 2 aromatic carbocycles. The summed E-state index contributed by atoms with van der Waals surface area (Å²) in [5, 5.41) is 14.4. The zero-order chi connectivity index (χ0) is 25.6. The number of ether oxygens (including phenoxy) is 1. The summed E-state index contributed by atoms with van der Waals surface area (Å²) in [6.07, 6.45) is -2.27. The van der Waals surface area contributed by atoms with Crippen molar-refractivity contribution in [2.24, 2.45) is 5.92 Å². The molecule has 0 atom stereocenters. The number of carboxylic acids is 1. The Morgan fingerprint density at radius 3 is 2.09 bits per heavy atom. The summed E-state index contributed by atoms with van der Waals surface area (Å²) < 4.78 is 43.7. The van der Waals surface area contributed by atoms with Crippen LogP contribution in [-0.4, -0.2) is 42.1 Å². The number of carbonyl (C=O) groups is 3. The van der Waals surface area contributed by atoms with E-state index in [1.807, 2.05) is 0 Å². The number of halogens is 4. The fraction of sp³-hybridized carbons (Fsp3) is 0.375. The number of alkyl halides is 3. The molecular weight excluding hydrogens is 489 g/mol. The van der Waals surface area contributed by atoms with E-state index >= 15 is 0 Å². The van der Waals surface area contributed by atoms with Gasteiger partial charge in [0.1, 0.15) is 5.75 Å². The second-order valence-electron chi connectivity index (χ2n) is 8.16. The Bertz CT molecular complexity index is 1070. The molecular formula is C24H24ClF3N2O5. The largest absolute Gasteiger partial charge is 0.490 e. The number of amides is 2. The van der Waals surface area contributed by atoms with Crippen LogP contribution in [0.4, 0.5) is 13.2 Å². The maximum absolute atomic E-state index is 12.6. The second kappa shape index (κ2) is 11.4. The van der Waals surface area contributed by atoms with Crippen LogP contribution in [-0.2, 0) is 11.0 Å². The second-order valence-corrected chi connectivity index (χ2v) is 8.57. The van der Waals surface area contributed by atoms with Gasteiger partial charge in [0.2, 0.25) is 0 Å². The lowest BCUT2D eigenvalue weighted by Crippen LogP contribution is -2.34.